The van der Waals surface area contributed by atoms with Crippen molar-refractivity contribution >= 4 is 49.1 Å². The van der Waals surface area contributed by atoms with Crippen molar-refractivity contribution in [3.05, 3.63) is 49.9 Å². The van der Waals surface area contributed by atoms with Crippen LogP contribution < -0.4 is 15.2 Å². The van der Waals surface area contributed by atoms with Crippen molar-refractivity contribution in [1.82, 2.24) is 0 Å². The van der Waals surface area contributed by atoms with Gasteiger partial charge in [-0.05, 0) is 56.1 Å². The van der Waals surface area contributed by atoms with E-state index in [9.17, 15) is 0 Å². The highest BCUT2D eigenvalue weighted by Gasteiger charge is 2.09. The zero-order valence-corrected chi connectivity index (χ0v) is 14.5. The Hall–Kier alpha value is -0.910. The summed E-state index contributed by atoms with van der Waals surface area (Å²) in [4.78, 5) is 0. The highest BCUT2D eigenvalue weighted by atomic mass is 79.9. The van der Waals surface area contributed by atoms with Crippen molar-refractivity contribution in [3.8, 4) is 11.5 Å². The maximum Gasteiger partial charge on any atom is 0.135 e. The molecule has 20 heavy (non-hydrogen) atoms. The fourth-order valence-electron chi connectivity index (χ4n) is 1.63. The molecule has 0 saturated heterocycles. The lowest BCUT2D eigenvalue weighted by molar-refractivity contribution is 0.304. The number of ether oxygens (including phenoxy) is 2. The van der Waals surface area contributed by atoms with Gasteiger partial charge in [-0.25, -0.2) is 0 Å². The van der Waals surface area contributed by atoms with Gasteiger partial charge in [0.25, 0.3) is 0 Å². The van der Waals surface area contributed by atoms with E-state index in [0.717, 1.165) is 20.3 Å². The standard InChI is InChI=1S/C14H12Br2ClNO2/c1-19-13-5-11(16)14(6-10(13)15)20-7-8-2-3-9(17)4-12(8)18/h2-6H,7,18H2,1H3. The molecule has 3 nitrogen and oxygen atoms in total. The smallest absolute Gasteiger partial charge is 0.135 e. The normalized spacial score (nSPS) is 10.4. The fourth-order valence-corrected chi connectivity index (χ4v) is 2.73. The Morgan fingerprint density at radius 2 is 1.75 bits per heavy atom. The van der Waals surface area contributed by atoms with Crippen molar-refractivity contribution in [3.63, 3.8) is 0 Å². The Morgan fingerprint density at radius 1 is 1.10 bits per heavy atom. The third-order valence-corrected chi connectivity index (χ3v) is 4.17. The van der Waals surface area contributed by atoms with E-state index < -0.39 is 0 Å². The lowest BCUT2D eigenvalue weighted by atomic mass is 10.2. The minimum absolute atomic E-state index is 0.361. The van der Waals surface area contributed by atoms with Crippen LogP contribution in [-0.4, -0.2) is 7.11 Å². The van der Waals surface area contributed by atoms with Gasteiger partial charge in [-0.2, -0.15) is 0 Å². The average Bonchev–Trinajstić information content (AvgIpc) is 2.41. The molecule has 0 aliphatic carbocycles. The monoisotopic (exact) mass is 419 g/mol. The number of rotatable bonds is 4. The number of benzene rings is 2. The topological polar surface area (TPSA) is 44.5 Å². The molecule has 0 bridgehead atoms. The van der Waals surface area contributed by atoms with E-state index in [1.807, 2.05) is 18.2 Å². The number of nitrogen functional groups attached to an aromatic ring is 1. The van der Waals surface area contributed by atoms with Gasteiger partial charge in [-0.1, -0.05) is 17.7 Å². The highest BCUT2D eigenvalue weighted by molar-refractivity contribution is 9.11. The average molecular weight is 422 g/mol. The largest absolute Gasteiger partial charge is 0.496 e. The van der Waals surface area contributed by atoms with E-state index in [1.165, 1.54) is 0 Å². The molecule has 0 unspecified atom stereocenters. The second-order valence-corrected chi connectivity index (χ2v) is 6.19. The lowest BCUT2D eigenvalue weighted by Gasteiger charge is -2.12. The predicted octanol–water partition coefficient (Wildman–Crippen LogP) is 5.03. The molecule has 106 valence electrons. The summed E-state index contributed by atoms with van der Waals surface area (Å²) < 4.78 is 12.6. The van der Waals surface area contributed by atoms with Crippen LogP contribution in [0.1, 0.15) is 5.56 Å². The first-order chi connectivity index (χ1) is 9.51. The van der Waals surface area contributed by atoms with Gasteiger partial charge in [0, 0.05) is 16.3 Å². The molecule has 0 fully saturated rings. The summed E-state index contributed by atoms with van der Waals surface area (Å²) >= 11 is 12.7. The zero-order valence-electron chi connectivity index (χ0n) is 10.6. The molecule has 2 N–H and O–H groups in total. The Bertz CT molecular complexity index is 635. The molecule has 6 heteroatoms. The van der Waals surface area contributed by atoms with Gasteiger partial charge in [-0.15, -0.1) is 0 Å². The summed E-state index contributed by atoms with van der Waals surface area (Å²) in [5.41, 5.74) is 7.39. The number of nitrogens with two attached hydrogens (primary N) is 1. The van der Waals surface area contributed by atoms with Crippen molar-refractivity contribution in [2.24, 2.45) is 0 Å². The first-order valence-corrected chi connectivity index (χ1v) is 7.67. The van der Waals surface area contributed by atoms with Crippen LogP contribution in [0.4, 0.5) is 5.69 Å². The molecule has 0 heterocycles. The summed E-state index contributed by atoms with van der Waals surface area (Å²) in [5, 5.41) is 0.611. The molecule has 2 aromatic carbocycles. The third kappa shape index (κ3) is 3.59. The van der Waals surface area contributed by atoms with Gasteiger partial charge < -0.3 is 15.2 Å². The maximum absolute atomic E-state index is 5.89. The van der Waals surface area contributed by atoms with Crippen LogP contribution in [0, 0.1) is 0 Å². The summed E-state index contributed by atoms with van der Waals surface area (Å²) in [6.45, 7) is 0.361. The van der Waals surface area contributed by atoms with Gasteiger partial charge >= 0.3 is 0 Å². The van der Waals surface area contributed by atoms with Crippen molar-refractivity contribution in [2.75, 3.05) is 12.8 Å². The van der Waals surface area contributed by atoms with Crippen molar-refractivity contribution in [1.29, 1.82) is 0 Å². The molecule has 2 rings (SSSR count). The number of anilines is 1. The molecule has 2 aromatic rings. The van der Waals surface area contributed by atoms with Gasteiger partial charge in [0.2, 0.25) is 0 Å². The molecule has 0 aliphatic heterocycles. The molecule has 0 aromatic heterocycles. The van der Waals surface area contributed by atoms with Gasteiger partial charge in [0.15, 0.2) is 0 Å². The van der Waals surface area contributed by atoms with Crippen molar-refractivity contribution < 1.29 is 9.47 Å². The summed E-state index contributed by atoms with van der Waals surface area (Å²) in [6, 6.07) is 9.03. The van der Waals surface area contributed by atoms with Crippen LogP contribution >= 0.6 is 43.5 Å². The molecular weight excluding hydrogens is 409 g/mol. The number of hydrogen-bond donors (Lipinski definition) is 1. The first-order valence-electron chi connectivity index (χ1n) is 5.71. The molecule has 0 amide bonds. The predicted molar refractivity (Wildman–Crippen MR) is 88.6 cm³/mol. The fraction of sp³-hybridized carbons (Fsp3) is 0.143. The van der Waals surface area contributed by atoms with E-state index >= 15 is 0 Å². The molecule has 0 radical (unpaired) electrons. The Kier molecular flexibility index (Phi) is 5.18. The van der Waals surface area contributed by atoms with E-state index in [0.29, 0.717) is 23.1 Å². The highest BCUT2D eigenvalue weighted by Crippen LogP contribution is 2.36. The van der Waals surface area contributed by atoms with Gasteiger partial charge in [-0.3, -0.25) is 0 Å². The van der Waals surface area contributed by atoms with E-state index in [4.69, 9.17) is 26.8 Å². The van der Waals surface area contributed by atoms with Crippen molar-refractivity contribution in [2.45, 2.75) is 6.61 Å². The maximum atomic E-state index is 5.89. The van der Waals surface area contributed by atoms with E-state index in [-0.39, 0.29) is 0 Å². The van der Waals surface area contributed by atoms with Gasteiger partial charge in [0.05, 0.1) is 16.1 Å². The first kappa shape index (κ1) is 15.5. The molecule has 0 saturated carbocycles. The minimum Gasteiger partial charge on any atom is -0.496 e. The Labute approximate surface area is 139 Å². The Morgan fingerprint density at radius 3 is 2.40 bits per heavy atom. The summed E-state index contributed by atoms with van der Waals surface area (Å²) in [7, 11) is 1.61. The SMILES string of the molecule is COc1cc(Br)c(OCc2ccc(Cl)cc2N)cc1Br. The van der Waals surface area contributed by atoms with Crippen LogP contribution in [0.5, 0.6) is 11.5 Å². The van der Waals surface area contributed by atoms with E-state index in [2.05, 4.69) is 31.9 Å². The number of methoxy groups -OCH3 is 1. The summed E-state index contributed by atoms with van der Waals surface area (Å²) in [6.07, 6.45) is 0. The van der Waals surface area contributed by atoms with Gasteiger partial charge in [0.1, 0.15) is 18.1 Å². The minimum atomic E-state index is 0.361. The summed E-state index contributed by atoms with van der Waals surface area (Å²) in [5.74, 6) is 1.43. The van der Waals surface area contributed by atoms with Crippen LogP contribution in [0.15, 0.2) is 39.3 Å². The van der Waals surface area contributed by atoms with Crippen LogP contribution in [0.3, 0.4) is 0 Å². The number of hydrogen-bond acceptors (Lipinski definition) is 3. The molecule has 0 spiro atoms. The van der Waals surface area contributed by atoms with Crippen LogP contribution in [0.2, 0.25) is 5.02 Å². The lowest BCUT2D eigenvalue weighted by Crippen LogP contribution is -2.01. The van der Waals surface area contributed by atoms with Crippen LogP contribution in [0.25, 0.3) is 0 Å². The molecule has 0 atom stereocenters. The second kappa shape index (κ2) is 6.70. The van der Waals surface area contributed by atoms with Crippen LogP contribution in [-0.2, 0) is 6.61 Å². The molecular formula is C14H12Br2ClNO2. The third-order valence-electron chi connectivity index (χ3n) is 2.70. The second-order valence-electron chi connectivity index (χ2n) is 4.05. The number of halogens is 3. The quantitative estimate of drug-likeness (QED) is 0.704. The zero-order chi connectivity index (χ0) is 14.7. The Balaban J connectivity index is 2.16. The van der Waals surface area contributed by atoms with E-state index in [1.54, 1.807) is 19.2 Å². The molecule has 0 aliphatic rings.